The summed E-state index contributed by atoms with van der Waals surface area (Å²) in [4.78, 5) is 15.2. The van der Waals surface area contributed by atoms with Crippen molar-refractivity contribution in [2.24, 2.45) is 5.73 Å². The van der Waals surface area contributed by atoms with Gasteiger partial charge in [-0.2, -0.15) is 0 Å². The van der Waals surface area contributed by atoms with Gasteiger partial charge in [-0.05, 0) is 25.3 Å². The lowest BCUT2D eigenvalue weighted by atomic mass is 10.0. The fourth-order valence-corrected chi connectivity index (χ4v) is 2.87. The Hall–Kier alpha value is -1.35. The van der Waals surface area contributed by atoms with E-state index >= 15 is 0 Å². The minimum Gasteiger partial charge on any atom is -0.377 e. The van der Waals surface area contributed by atoms with Gasteiger partial charge in [0, 0.05) is 12.1 Å². The van der Waals surface area contributed by atoms with Gasteiger partial charge in [0.25, 0.3) is 5.91 Å². The van der Waals surface area contributed by atoms with E-state index in [4.69, 9.17) is 10.5 Å². The zero-order chi connectivity index (χ0) is 13.9. The maximum Gasteiger partial charge on any atom is 0.265 e. The average Bonchev–Trinajstić information content (AvgIpc) is 2.83. The fraction of sp³-hybridized carbons (Fsp3) is 0.500. The molecule has 102 valence electrons. The average molecular weight is 278 g/mol. The predicted octanol–water partition coefficient (Wildman–Crippen LogP) is 1.31. The number of ether oxygens (including phenoxy) is 1. The van der Waals surface area contributed by atoms with Gasteiger partial charge in [0.2, 0.25) is 0 Å². The Labute approximate surface area is 117 Å². The van der Waals surface area contributed by atoms with Crippen LogP contribution in [0.2, 0.25) is 0 Å². The molecular weight excluding hydrogens is 260 g/mol. The van der Waals surface area contributed by atoms with Crippen LogP contribution in [0, 0.1) is 11.8 Å². The molecule has 0 spiro atoms. The molecule has 5 heteroatoms. The van der Waals surface area contributed by atoms with Gasteiger partial charge < -0.3 is 15.4 Å². The minimum atomic E-state index is -0.280. The zero-order valence-corrected chi connectivity index (χ0v) is 12.0. The molecular formula is C14H18N2O2S. The van der Waals surface area contributed by atoms with Crippen LogP contribution in [0.3, 0.4) is 0 Å². The van der Waals surface area contributed by atoms with E-state index in [1.165, 1.54) is 11.3 Å². The maximum atomic E-state index is 12.6. The van der Waals surface area contributed by atoms with Crippen LogP contribution in [0.1, 0.15) is 29.1 Å². The topological polar surface area (TPSA) is 55.6 Å². The molecule has 1 saturated heterocycles. The highest BCUT2D eigenvalue weighted by molar-refractivity contribution is 7.12. The van der Waals surface area contributed by atoms with Gasteiger partial charge in [0.15, 0.2) is 0 Å². The number of rotatable bonds is 1. The number of carbonyl (C=O) groups excluding carboxylic acids is 1. The van der Waals surface area contributed by atoms with E-state index in [9.17, 15) is 4.79 Å². The third-order valence-electron chi connectivity index (χ3n) is 3.07. The number of nitrogens with zero attached hydrogens (tertiary/aromatic N) is 1. The molecule has 1 aliphatic heterocycles. The first-order valence-electron chi connectivity index (χ1n) is 6.22. The summed E-state index contributed by atoms with van der Waals surface area (Å²) >= 11 is 1.43. The summed E-state index contributed by atoms with van der Waals surface area (Å²) in [5, 5.41) is 1.89. The van der Waals surface area contributed by atoms with Crippen molar-refractivity contribution in [1.82, 2.24) is 4.90 Å². The van der Waals surface area contributed by atoms with Gasteiger partial charge in [-0.25, -0.2) is 0 Å². The first-order valence-corrected chi connectivity index (χ1v) is 7.10. The fourth-order valence-electron chi connectivity index (χ4n) is 2.08. The molecule has 0 unspecified atom stereocenters. The van der Waals surface area contributed by atoms with Crippen molar-refractivity contribution in [3.8, 4) is 11.8 Å². The molecule has 0 atom stereocenters. The van der Waals surface area contributed by atoms with E-state index < -0.39 is 0 Å². The van der Waals surface area contributed by atoms with Crippen LogP contribution in [0.5, 0.6) is 0 Å². The van der Waals surface area contributed by atoms with Crippen LogP contribution in [0.25, 0.3) is 0 Å². The molecule has 0 bridgehead atoms. The molecule has 19 heavy (non-hydrogen) atoms. The van der Waals surface area contributed by atoms with Crippen molar-refractivity contribution < 1.29 is 9.53 Å². The standard InChI is InChI=1S/C14H18N2O2S/c1-14(2)10-18-8-7-16(14)13(17)12-11(4-3-6-15)5-9-19-12/h5,9H,6-8,10,15H2,1-2H3. The quantitative estimate of drug-likeness (QED) is 0.788. The highest BCUT2D eigenvalue weighted by Gasteiger charge is 2.35. The molecule has 1 fully saturated rings. The third kappa shape index (κ3) is 2.98. The molecule has 2 heterocycles. The number of thiophene rings is 1. The van der Waals surface area contributed by atoms with E-state index in [0.717, 1.165) is 5.56 Å². The summed E-state index contributed by atoms with van der Waals surface area (Å²) in [6.07, 6.45) is 0. The van der Waals surface area contributed by atoms with E-state index in [1.54, 1.807) is 0 Å². The van der Waals surface area contributed by atoms with Crippen molar-refractivity contribution >= 4 is 17.2 Å². The smallest absolute Gasteiger partial charge is 0.265 e. The van der Waals surface area contributed by atoms with Gasteiger partial charge in [-0.3, -0.25) is 4.79 Å². The van der Waals surface area contributed by atoms with Crippen LogP contribution in [-0.2, 0) is 4.74 Å². The highest BCUT2D eigenvalue weighted by atomic mass is 32.1. The Morgan fingerprint density at radius 2 is 2.42 bits per heavy atom. The minimum absolute atomic E-state index is 0.0321. The summed E-state index contributed by atoms with van der Waals surface area (Å²) in [5.41, 5.74) is 5.86. The Bertz CT molecular complexity index is 525. The Morgan fingerprint density at radius 1 is 1.63 bits per heavy atom. The lowest BCUT2D eigenvalue weighted by Gasteiger charge is -2.41. The first kappa shape index (κ1) is 14.1. The molecule has 2 N–H and O–H groups in total. The Morgan fingerprint density at radius 3 is 3.11 bits per heavy atom. The molecule has 1 aromatic heterocycles. The molecule has 1 aromatic rings. The van der Waals surface area contributed by atoms with Gasteiger partial charge in [-0.15, -0.1) is 11.3 Å². The molecule has 0 saturated carbocycles. The number of amides is 1. The van der Waals surface area contributed by atoms with Gasteiger partial charge in [-0.1, -0.05) is 11.8 Å². The molecule has 4 nitrogen and oxygen atoms in total. The molecule has 0 aromatic carbocycles. The third-order valence-corrected chi connectivity index (χ3v) is 3.98. The van der Waals surface area contributed by atoms with Crippen LogP contribution in [0.15, 0.2) is 11.4 Å². The second-order valence-electron chi connectivity index (χ2n) is 4.99. The van der Waals surface area contributed by atoms with Crippen LogP contribution < -0.4 is 5.73 Å². The zero-order valence-electron chi connectivity index (χ0n) is 11.2. The number of carbonyl (C=O) groups is 1. The van der Waals surface area contributed by atoms with E-state index in [2.05, 4.69) is 11.8 Å². The predicted molar refractivity (Wildman–Crippen MR) is 76.2 cm³/mol. The summed E-state index contributed by atoms with van der Waals surface area (Å²) in [6, 6.07) is 1.87. The van der Waals surface area contributed by atoms with Crippen LogP contribution in [-0.4, -0.2) is 42.6 Å². The highest BCUT2D eigenvalue weighted by Crippen LogP contribution is 2.25. The van der Waals surface area contributed by atoms with Crippen molar-refractivity contribution in [3.05, 3.63) is 21.9 Å². The number of nitrogens with two attached hydrogens (primary N) is 1. The second-order valence-corrected chi connectivity index (χ2v) is 5.91. The van der Waals surface area contributed by atoms with Gasteiger partial charge in [0.05, 0.1) is 25.3 Å². The lowest BCUT2D eigenvalue weighted by molar-refractivity contribution is -0.0368. The van der Waals surface area contributed by atoms with E-state index in [0.29, 0.717) is 31.2 Å². The molecule has 1 amide bonds. The van der Waals surface area contributed by atoms with Crippen molar-refractivity contribution in [2.45, 2.75) is 19.4 Å². The molecule has 1 aliphatic rings. The SMILES string of the molecule is CC1(C)COCCN1C(=O)c1sccc1C#CCN. The second kappa shape index (κ2) is 5.74. The molecule has 0 aliphatic carbocycles. The summed E-state index contributed by atoms with van der Waals surface area (Å²) in [7, 11) is 0. The van der Waals surface area contributed by atoms with E-state index in [1.807, 2.05) is 30.2 Å². The van der Waals surface area contributed by atoms with Crippen LogP contribution in [0.4, 0.5) is 0 Å². The summed E-state index contributed by atoms with van der Waals surface area (Å²) in [6.45, 7) is 6.10. The van der Waals surface area contributed by atoms with Crippen LogP contribution >= 0.6 is 11.3 Å². The van der Waals surface area contributed by atoms with Gasteiger partial charge >= 0.3 is 0 Å². The van der Waals surface area contributed by atoms with E-state index in [-0.39, 0.29) is 11.4 Å². The first-order chi connectivity index (χ1) is 9.06. The van der Waals surface area contributed by atoms with Crippen molar-refractivity contribution in [3.63, 3.8) is 0 Å². The summed E-state index contributed by atoms with van der Waals surface area (Å²) < 4.78 is 5.44. The molecule has 2 rings (SSSR count). The van der Waals surface area contributed by atoms with Crippen molar-refractivity contribution in [2.75, 3.05) is 26.3 Å². The largest absolute Gasteiger partial charge is 0.377 e. The number of hydrogen-bond acceptors (Lipinski definition) is 4. The normalized spacial score (nSPS) is 17.7. The Kier molecular flexibility index (Phi) is 4.25. The monoisotopic (exact) mass is 278 g/mol. The lowest BCUT2D eigenvalue weighted by Crippen LogP contribution is -2.55. The number of hydrogen-bond donors (Lipinski definition) is 1. The van der Waals surface area contributed by atoms with Gasteiger partial charge in [0.1, 0.15) is 4.88 Å². The maximum absolute atomic E-state index is 12.6. The number of morpholine rings is 1. The molecule has 0 radical (unpaired) electrons. The summed E-state index contributed by atoms with van der Waals surface area (Å²) in [5.74, 6) is 5.79. The Balaban J connectivity index is 2.26. The van der Waals surface area contributed by atoms with Crippen molar-refractivity contribution in [1.29, 1.82) is 0 Å².